The molecule has 1 fully saturated rings. The van der Waals surface area contributed by atoms with Gasteiger partial charge in [0.25, 0.3) is 0 Å². The van der Waals surface area contributed by atoms with Gasteiger partial charge in [-0.25, -0.2) is 0 Å². The van der Waals surface area contributed by atoms with Crippen molar-refractivity contribution in [2.45, 2.75) is 12.0 Å². The highest BCUT2D eigenvalue weighted by Gasteiger charge is 2.31. The summed E-state index contributed by atoms with van der Waals surface area (Å²) >= 11 is 0. The molecule has 1 saturated heterocycles. The van der Waals surface area contributed by atoms with Crippen LogP contribution < -0.4 is 5.73 Å². The lowest BCUT2D eigenvalue weighted by Gasteiger charge is -2.14. The second kappa shape index (κ2) is 2.08. The molecule has 0 aromatic rings. The van der Waals surface area contributed by atoms with E-state index < -0.39 is 5.54 Å². The normalized spacial score (nSPS) is 37.1. The van der Waals surface area contributed by atoms with Gasteiger partial charge in [0.2, 0.25) is 0 Å². The Kier molecular flexibility index (Phi) is 1.55. The summed E-state index contributed by atoms with van der Waals surface area (Å²) in [6.07, 6.45) is 1.66. The summed E-state index contributed by atoms with van der Waals surface area (Å²) < 4.78 is 0. The second-order valence-electron chi connectivity index (χ2n) is 2.84. The number of carbonyl (C=O) groups is 1. The summed E-state index contributed by atoms with van der Waals surface area (Å²) in [6, 6.07) is 0. The third-order valence-electron chi connectivity index (χ3n) is 1.76. The zero-order chi connectivity index (χ0) is 6.91. The first-order valence-corrected chi connectivity index (χ1v) is 3.10. The number of likely N-dealkylation sites (N-methyl/N-ethyl adjacent to an activating group) is 1. The number of carbonyl (C=O) groups excluding carboxylic acids is 1. The van der Waals surface area contributed by atoms with Gasteiger partial charge in [0, 0.05) is 13.1 Å². The maximum Gasteiger partial charge on any atom is 0.141 e. The number of likely N-dealkylation sites (tertiary alicyclic amines) is 1. The molecule has 3 nitrogen and oxygen atoms in total. The molecule has 0 saturated carbocycles. The fourth-order valence-corrected chi connectivity index (χ4v) is 1.16. The molecule has 1 aliphatic heterocycles. The van der Waals surface area contributed by atoms with Gasteiger partial charge in [-0.1, -0.05) is 0 Å². The van der Waals surface area contributed by atoms with Gasteiger partial charge in [0.1, 0.15) is 6.29 Å². The fraction of sp³-hybridized carbons (Fsp3) is 0.833. The van der Waals surface area contributed by atoms with Crippen LogP contribution in [-0.4, -0.2) is 36.9 Å². The molecule has 2 N–H and O–H groups in total. The lowest BCUT2D eigenvalue weighted by molar-refractivity contribution is -0.111. The van der Waals surface area contributed by atoms with Crippen molar-refractivity contribution >= 4 is 6.29 Å². The van der Waals surface area contributed by atoms with Crippen LogP contribution >= 0.6 is 0 Å². The van der Waals surface area contributed by atoms with E-state index in [-0.39, 0.29) is 0 Å². The Morgan fingerprint density at radius 1 is 1.78 bits per heavy atom. The third-order valence-corrected chi connectivity index (χ3v) is 1.76. The van der Waals surface area contributed by atoms with Gasteiger partial charge in [-0.3, -0.25) is 0 Å². The first kappa shape index (κ1) is 6.71. The summed E-state index contributed by atoms with van der Waals surface area (Å²) in [6.45, 7) is 1.64. The standard InChI is InChI=1S/C6H12N2O/c1-8-3-2-6(7,4-8)5-9/h5H,2-4,7H2,1H3. The topological polar surface area (TPSA) is 46.3 Å². The van der Waals surface area contributed by atoms with Crippen molar-refractivity contribution in [2.75, 3.05) is 20.1 Å². The van der Waals surface area contributed by atoms with E-state index >= 15 is 0 Å². The van der Waals surface area contributed by atoms with E-state index in [9.17, 15) is 4.79 Å². The average Bonchev–Trinajstić information content (AvgIpc) is 2.13. The number of aldehydes is 1. The van der Waals surface area contributed by atoms with Crippen molar-refractivity contribution in [1.82, 2.24) is 4.90 Å². The number of nitrogens with zero attached hydrogens (tertiary/aromatic N) is 1. The zero-order valence-electron chi connectivity index (χ0n) is 5.63. The maximum absolute atomic E-state index is 10.3. The van der Waals surface area contributed by atoms with Gasteiger partial charge in [0.05, 0.1) is 5.54 Å². The maximum atomic E-state index is 10.3. The van der Waals surface area contributed by atoms with Gasteiger partial charge in [0.15, 0.2) is 0 Å². The molecule has 0 bridgehead atoms. The van der Waals surface area contributed by atoms with E-state index in [1.165, 1.54) is 0 Å². The first-order valence-electron chi connectivity index (χ1n) is 3.10. The minimum absolute atomic E-state index is 0.547. The lowest BCUT2D eigenvalue weighted by atomic mass is 10.0. The molecule has 1 rings (SSSR count). The second-order valence-corrected chi connectivity index (χ2v) is 2.84. The Labute approximate surface area is 54.8 Å². The predicted molar refractivity (Wildman–Crippen MR) is 35.1 cm³/mol. The Bertz CT molecular complexity index is 126. The van der Waals surface area contributed by atoms with Gasteiger partial charge in [-0.15, -0.1) is 0 Å². The summed E-state index contributed by atoms with van der Waals surface area (Å²) in [7, 11) is 1.97. The summed E-state index contributed by atoms with van der Waals surface area (Å²) in [5, 5.41) is 0. The van der Waals surface area contributed by atoms with E-state index in [0.717, 1.165) is 19.3 Å². The largest absolute Gasteiger partial charge is 0.318 e. The molecule has 3 heteroatoms. The van der Waals surface area contributed by atoms with Crippen LogP contribution in [0.25, 0.3) is 0 Å². The quantitative estimate of drug-likeness (QED) is 0.471. The van der Waals surface area contributed by atoms with Gasteiger partial charge in [-0.2, -0.15) is 0 Å². The summed E-state index contributed by atoms with van der Waals surface area (Å²) in [5.41, 5.74) is 5.09. The molecule has 0 aromatic carbocycles. The number of hydrogen-bond acceptors (Lipinski definition) is 3. The molecule has 0 radical (unpaired) electrons. The number of hydrogen-bond donors (Lipinski definition) is 1. The average molecular weight is 128 g/mol. The molecule has 0 spiro atoms. The van der Waals surface area contributed by atoms with E-state index in [4.69, 9.17) is 5.73 Å². The van der Waals surface area contributed by atoms with Crippen molar-refractivity contribution in [1.29, 1.82) is 0 Å². The molecule has 1 aliphatic rings. The van der Waals surface area contributed by atoms with Gasteiger partial charge < -0.3 is 15.4 Å². The van der Waals surface area contributed by atoms with Gasteiger partial charge in [-0.05, 0) is 13.5 Å². The van der Waals surface area contributed by atoms with Crippen LogP contribution in [0.15, 0.2) is 0 Å². The molecule has 1 unspecified atom stereocenters. The SMILES string of the molecule is CN1CCC(N)(C=O)C1. The van der Waals surface area contributed by atoms with Crippen molar-refractivity contribution < 1.29 is 4.79 Å². The van der Waals surface area contributed by atoms with Crippen LogP contribution in [0.5, 0.6) is 0 Å². The molecule has 0 amide bonds. The number of rotatable bonds is 1. The van der Waals surface area contributed by atoms with Crippen LogP contribution in [0.2, 0.25) is 0 Å². The fourth-order valence-electron chi connectivity index (χ4n) is 1.16. The van der Waals surface area contributed by atoms with Crippen molar-refractivity contribution in [2.24, 2.45) is 5.73 Å². The van der Waals surface area contributed by atoms with Crippen LogP contribution in [-0.2, 0) is 4.79 Å². The molecular formula is C6H12N2O. The molecule has 0 aliphatic carbocycles. The smallest absolute Gasteiger partial charge is 0.141 e. The molecule has 1 atom stereocenters. The Morgan fingerprint density at radius 3 is 2.67 bits per heavy atom. The minimum atomic E-state index is -0.547. The highest BCUT2D eigenvalue weighted by molar-refractivity contribution is 5.64. The Morgan fingerprint density at radius 2 is 2.44 bits per heavy atom. The van der Waals surface area contributed by atoms with Crippen molar-refractivity contribution in [3.8, 4) is 0 Å². The first-order chi connectivity index (χ1) is 4.16. The van der Waals surface area contributed by atoms with Crippen LogP contribution in [0.1, 0.15) is 6.42 Å². The van der Waals surface area contributed by atoms with Crippen LogP contribution in [0.3, 0.4) is 0 Å². The molecule has 1 heterocycles. The van der Waals surface area contributed by atoms with Gasteiger partial charge >= 0.3 is 0 Å². The van der Waals surface area contributed by atoms with Crippen LogP contribution in [0.4, 0.5) is 0 Å². The third kappa shape index (κ3) is 1.28. The van der Waals surface area contributed by atoms with E-state index in [2.05, 4.69) is 4.90 Å². The molecular weight excluding hydrogens is 116 g/mol. The van der Waals surface area contributed by atoms with E-state index in [1.807, 2.05) is 7.05 Å². The van der Waals surface area contributed by atoms with Crippen molar-refractivity contribution in [3.63, 3.8) is 0 Å². The number of nitrogens with two attached hydrogens (primary N) is 1. The highest BCUT2D eigenvalue weighted by atomic mass is 16.1. The lowest BCUT2D eigenvalue weighted by Crippen LogP contribution is -2.43. The Balaban J connectivity index is 2.54. The minimum Gasteiger partial charge on any atom is -0.318 e. The Hall–Kier alpha value is -0.410. The summed E-state index contributed by atoms with van der Waals surface area (Å²) in [5.74, 6) is 0. The highest BCUT2D eigenvalue weighted by Crippen LogP contribution is 2.13. The molecule has 0 aromatic heterocycles. The zero-order valence-corrected chi connectivity index (χ0v) is 5.63. The van der Waals surface area contributed by atoms with E-state index in [1.54, 1.807) is 0 Å². The van der Waals surface area contributed by atoms with Crippen molar-refractivity contribution in [3.05, 3.63) is 0 Å². The predicted octanol–water partition coefficient (Wildman–Crippen LogP) is -0.782. The molecule has 9 heavy (non-hydrogen) atoms. The summed E-state index contributed by atoms with van der Waals surface area (Å²) in [4.78, 5) is 12.4. The van der Waals surface area contributed by atoms with E-state index in [0.29, 0.717) is 6.54 Å². The monoisotopic (exact) mass is 128 g/mol. The molecule has 52 valence electrons. The van der Waals surface area contributed by atoms with Crippen LogP contribution in [0, 0.1) is 0 Å².